The van der Waals surface area contributed by atoms with Crippen molar-refractivity contribution in [3.63, 3.8) is 0 Å². The zero-order chi connectivity index (χ0) is 22.8. The van der Waals surface area contributed by atoms with Gasteiger partial charge in [0.2, 0.25) is 0 Å². The maximum atomic E-state index is 12.2. The maximum absolute atomic E-state index is 12.2. The topological polar surface area (TPSA) is 58.6 Å². The number of piperazine rings is 1. The van der Waals surface area contributed by atoms with Gasteiger partial charge in [-0.25, -0.2) is 9.97 Å². The Labute approximate surface area is 197 Å². The predicted molar refractivity (Wildman–Crippen MR) is 133 cm³/mol. The molecule has 5 rings (SSSR count). The Morgan fingerprint density at radius 2 is 1.70 bits per heavy atom. The Balaban J connectivity index is 1.36. The molecular weight excluding hydrogens is 432 g/mol. The number of aromatic nitrogens is 2. The van der Waals surface area contributed by atoms with Gasteiger partial charge >= 0.3 is 6.01 Å². The number of aldehydes is 1. The monoisotopic (exact) mass is 458 g/mol. The molecule has 1 saturated heterocycles. The molecule has 7 heteroatoms. The van der Waals surface area contributed by atoms with E-state index >= 15 is 0 Å². The van der Waals surface area contributed by atoms with Crippen LogP contribution in [-0.2, 0) is 4.79 Å². The van der Waals surface area contributed by atoms with Crippen molar-refractivity contribution in [2.75, 3.05) is 38.2 Å². The van der Waals surface area contributed by atoms with E-state index in [0.717, 1.165) is 54.2 Å². The second kappa shape index (κ2) is 9.29. The van der Waals surface area contributed by atoms with Gasteiger partial charge in [-0.1, -0.05) is 36.4 Å². The minimum Gasteiger partial charge on any atom is -0.467 e. The average Bonchev–Trinajstić information content (AvgIpc) is 3.21. The van der Waals surface area contributed by atoms with E-state index in [4.69, 9.17) is 4.74 Å². The number of rotatable bonds is 6. The molecule has 2 aromatic heterocycles. The molecule has 2 aromatic carbocycles. The second-order valence-electron chi connectivity index (χ2n) is 8.17. The van der Waals surface area contributed by atoms with Gasteiger partial charge in [0.25, 0.3) is 0 Å². The largest absolute Gasteiger partial charge is 0.467 e. The Hall–Kier alpha value is -3.29. The third kappa shape index (κ3) is 4.10. The van der Waals surface area contributed by atoms with E-state index in [2.05, 4.69) is 69.2 Å². The molecule has 1 fully saturated rings. The average molecular weight is 459 g/mol. The van der Waals surface area contributed by atoms with Crippen LogP contribution in [0.15, 0.2) is 60.9 Å². The van der Waals surface area contributed by atoms with Crippen LogP contribution in [0, 0.1) is 6.92 Å². The molecule has 1 aliphatic heterocycles. The van der Waals surface area contributed by atoms with Gasteiger partial charge in [-0.2, -0.15) is 0 Å². The summed E-state index contributed by atoms with van der Waals surface area (Å²) in [6.45, 7) is 5.48. The van der Waals surface area contributed by atoms with Gasteiger partial charge in [0, 0.05) is 65.0 Å². The highest BCUT2D eigenvalue weighted by atomic mass is 32.1. The summed E-state index contributed by atoms with van der Waals surface area (Å²) in [5.41, 5.74) is 4.44. The van der Waals surface area contributed by atoms with Crippen molar-refractivity contribution in [2.45, 2.75) is 13.0 Å². The van der Waals surface area contributed by atoms with Crippen molar-refractivity contribution < 1.29 is 9.53 Å². The summed E-state index contributed by atoms with van der Waals surface area (Å²) in [5.74, 6) is 0. The van der Waals surface area contributed by atoms with Crippen LogP contribution < -0.4 is 9.64 Å². The number of fused-ring (bicyclic) bond motifs is 1. The number of thiophene rings is 1. The Kier molecular flexibility index (Phi) is 6.07. The van der Waals surface area contributed by atoms with E-state index in [1.165, 1.54) is 15.6 Å². The van der Waals surface area contributed by atoms with Gasteiger partial charge in [-0.15, -0.1) is 11.3 Å². The fourth-order valence-corrected chi connectivity index (χ4v) is 5.89. The third-order valence-electron chi connectivity index (χ3n) is 6.35. The Morgan fingerprint density at radius 1 is 1.00 bits per heavy atom. The second-order valence-corrected chi connectivity index (χ2v) is 9.25. The smallest absolute Gasteiger partial charge is 0.316 e. The molecule has 6 nitrogen and oxygen atoms in total. The minimum absolute atomic E-state index is 0.199. The summed E-state index contributed by atoms with van der Waals surface area (Å²) in [6.07, 6.45) is 4.71. The fourth-order valence-electron chi connectivity index (χ4n) is 4.58. The first-order chi connectivity index (χ1) is 16.2. The normalized spacial score (nSPS) is 15.5. The van der Waals surface area contributed by atoms with Gasteiger partial charge in [-0.3, -0.25) is 4.90 Å². The number of hydrogen-bond acceptors (Lipinski definition) is 7. The zero-order valence-corrected chi connectivity index (χ0v) is 19.6. The highest BCUT2D eigenvalue weighted by molar-refractivity contribution is 7.19. The van der Waals surface area contributed by atoms with Crippen LogP contribution in [0.3, 0.4) is 0 Å². The molecule has 0 radical (unpaired) electrons. The molecule has 1 atom stereocenters. The molecule has 168 valence electrons. The Morgan fingerprint density at radius 3 is 2.39 bits per heavy atom. The van der Waals surface area contributed by atoms with Crippen molar-refractivity contribution in [3.8, 4) is 17.1 Å². The molecule has 3 heterocycles. The predicted octanol–water partition coefficient (Wildman–Crippen LogP) is 4.74. The van der Waals surface area contributed by atoms with Crippen molar-refractivity contribution in [1.82, 2.24) is 14.9 Å². The van der Waals surface area contributed by atoms with Crippen molar-refractivity contribution in [3.05, 3.63) is 71.4 Å². The molecule has 0 amide bonds. The van der Waals surface area contributed by atoms with E-state index in [-0.39, 0.29) is 6.04 Å². The molecule has 0 bridgehead atoms. The number of benzene rings is 2. The minimum atomic E-state index is -0.199. The number of nitrogens with zero attached hydrogens (tertiary/aromatic N) is 4. The number of methoxy groups -OCH3 is 1. The highest BCUT2D eigenvalue weighted by Crippen LogP contribution is 2.37. The van der Waals surface area contributed by atoms with Crippen LogP contribution in [0.4, 0.5) is 5.69 Å². The maximum Gasteiger partial charge on any atom is 0.316 e. The number of carbonyl (C=O) groups is 1. The first-order valence-corrected chi connectivity index (χ1v) is 11.9. The lowest BCUT2D eigenvalue weighted by atomic mass is 10.0. The zero-order valence-electron chi connectivity index (χ0n) is 18.8. The number of para-hydroxylation sites is 1. The lowest BCUT2D eigenvalue weighted by Crippen LogP contribution is -2.48. The number of anilines is 1. The van der Waals surface area contributed by atoms with Crippen molar-refractivity contribution in [2.24, 2.45) is 0 Å². The van der Waals surface area contributed by atoms with Crippen LogP contribution in [0.1, 0.15) is 16.5 Å². The summed E-state index contributed by atoms with van der Waals surface area (Å²) in [6, 6.07) is 16.9. The third-order valence-corrected chi connectivity index (χ3v) is 7.70. The summed E-state index contributed by atoms with van der Waals surface area (Å²) in [4.78, 5) is 26.6. The van der Waals surface area contributed by atoms with E-state index < -0.39 is 0 Å². The number of ether oxygens (including phenoxy) is 1. The first kappa shape index (κ1) is 21.6. The van der Waals surface area contributed by atoms with Gasteiger partial charge in [0.15, 0.2) is 0 Å². The molecule has 1 unspecified atom stereocenters. The molecule has 33 heavy (non-hydrogen) atoms. The van der Waals surface area contributed by atoms with E-state index in [9.17, 15) is 4.79 Å². The van der Waals surface area contributed by atoms with Gasteiger partial charge in [0.05, 0.1) is 7.11 Å². The molecular formula is C26H26N4O2S. The molecule has 0 N–H and O–H groups in total. The number of aryl methyl sites for hydroxylation is 1. The highest BCUT2D eigenvalue weighted by Gasteiger charge is 2.28. The van der Waals surface area contributed by atoms with Crippen LogP contribution in [-0.4, -0.2) is 54.4 Å². The Bertz CT molecular complexity index is 1260. The van der Waals surface area contributed by atoms with E-state index in [1.807, 2.05) is 6.07 Å². The molecule has 0 aliphatic carbocycles. The standard InChI is InChI=1S/C26H26N4O2S/c1-18-20-7-4-6-10-24(20)33-25(18)23(17-31)30-13-11-29(12-14-30)22-9-5-3-8-21(22)19-15-27-26(32-2)28-16-19/h3-10,15-17,23H,11-14H2,1-2H3. The number of hydrogen-bond donors (Lipinski definition) is 0. The van der Waals surface area contributed by atoms with Crippen molar-refractivity contribution in [1.29, 1.82) is 0 Å². The quantitative estimate of drug-likeness (QED) is 0.389. The van der Waals surface area contributed by atoms with Gasteiger partial charge in [-0.05, 0) is 30.0 Å². The lowest BCUT2D eigenvalue weighted by molar-refractivity contribution is -0.112. The van der Waals surface area contributed by atoms with E-state index in [1.54, 1.807) is 30.8 Å². The lowest BCUT2D eigenvalue weighted by Gasteiger charge is -2.39. The molecule has 4 aromatic rings. The molecule has 0 spiro atoms. The summed E-state index contributed by atoms with van der Waals surface area (Å²) in [7, 11) is 1.56. The SMILES string of the molecule is COc1ncc(-c2ccccc2N2CCN(C(C=O)c3sc4ccccc4c3C)CC2)cn1. The number of carbonyl (C=O) groups excluding carboxylic acids is 1. The van der Waals surface area contributed by atoms with Crippen LogP contribution >= 0.6 is 11.3 Å². The van der Waals surface area contributed by atoms with Crippen LogP contribution in [0.2, 0.25) is 0 Å². The summed E-state index contributed by atoms with van der Waals surface area (Å²) in [5, 5.41) is 1.25. The van der Waals surface area contributed by atoms with Gasteiger partial charge < -0.3 is 14.4 Å². The van der Waals surface area contributed by atoms with Crippen LogP contribution in [0.5, 0.6) is 6.01 Å². The van der Waals surface area contributed by atoms with Crippen LogP contribution in [0.25, 0.3) is 21.2 Å². The first-order valence-electron chi connectivity index (χ1n) is 11.1. The molecule has 0 saturated carbocycles. The summed E-state index contributed by atoms with van der Waals surface area (Å²) < 4.78 is 6.34. The summed E-state index contributed by atoms with van der Waals surface area (Å²) >= 11 is 1.74. The van der Waals surface area contributed by atoms with Gasteiger partial charge in [0.1, 0.15) is 12.3 Å². The fraction of sp³-hybridized carbons (Fsp3) is 0.269. The van der Waals surface area contributed by atoms with Crippen molar-refractivity contribution >= 4 is 33.4 Å². The molecule has 1 aliphatic rings. The van der Waals surface area contributed by atoms with E-state index in [0.29, 0.717) is 6.01 Å².